The van der Waals surface area contributed by atoms with Crippen LogP contribution in [0.2, 0.25) is 5.02 Å². The van der Waals surface area contributed by atoms with Crippen LogP contribution in [0.25, 0.3) is 27.8 Å². The molecule has 0 spiro atoms. The van der Waals surface area contributed by atoms with Gasteiger partial charge in [-0.2, -0.15) is 0 Å². The Bertz CT molecular complexity index is 1620. The second-order valence-electron chi connectivity index (χ2n) is 8.74. The standard InChI is InChI=1S/C28H21ClFN5O2/c29-26-21(34-28(36)33-18-7-8-18)10-11-25(27(26)30)37-24-12-13-32-22-14-17(6-9-20(22)24)23-15-31-16-35(23)19-4-2-1-3-5-19/h1-6,9-16,18H,7-8H2,(H2,33,34,36). The van der Waals surface area contributed by atoms with Crippen molar-refractivity contribution in [3.8, 4) is 28.4 Å². The number of hydrogen-bond acceptors (Lipinski definition) is 4. The first kappa shape index (κ1) is 23.0. The van der Waals surface area contributed by atoms with Crippen LogP contribution in [-0.4, -0.2) is 26.6 Å². The number of carbonyl (C=O) groups is 1. The van der Waals surface area contributed by atoms with Crippen LogP contribution in [-0.2, 0) is 0 Å². The number of nitrogens with zero attached hydrogens (tertiary/aromatic N) is 3. The maximum absolute atomic E-state index is 15.1. The Morgan fingerprint density at radius 2 is 1.89 bits per heavy atom. The monoisotopic (exact) mass is 513 g/mol. The molecule has 37 heavy (non-hydrogen) atoms. The highest BCUT2D eigenvalue weighted by atomic mass is 35.5. The van der Waals surface area contributed by atoms with Crippen LogP contribution in [0.5, 0.6) is 11.5 Å². The molecule has 184 valence electrons. The summed E-state index contributed by atoms with van der Waals surface area (Å²) in [5.41, 5.74) is 3.68. The summed E-state index contributed by atoms with van der Waals surface area (Å²) in [6.07, 6.45) is 7.06. The van der Waals surface area contributed by atoms with Gasteiger partial charge >= 0.3 is 6.03 Å². The molecule has 3 aromatic carbocycles. The fraction of sp³-hybridized carbons (Fsp3) is 0.107. The number of pyridine rings is 1. The van der Waals surface area contributed by atoms with E-state index in [2.05, 4.69) is 20.6 Å². The van der Waals surface area contributed by atoms with Crippen molar-refractivity contribution in [1.29, 1.82) is 0 Å². The number of halogens is 2. The van der Waals surface area contributed by atoms with Gasteiger partial charge in [0.15, 0.2) is 11.6 Å². The molecule has 0 unspecified atom stereocenters. The SMILES string of the molecule is O=C(Nc1ccc(Oc2ccnc3cc(-c4cncn4-c4ccccc4)ccc23)c(F)c1Cl)NC1CC1. The Labute approximate surface area is 216 Å². The summed E-state index contributed by atoms with van der Waals surface area (Å²) >= 11 is 6.20. The Morgan fingerprint density at radius 3 is 2.70 bits per heavy atom. The molecule has 5 aromatic rings. The van der Waals surface area contributed by atoms with Crippen molar-refractivity contribution < 1.29 is 13.9 Å². The quantitative estimate of drug-likeness (QED) is 0.257. The Hall–Kier alpha value is -4.43. The van der Waals surface area contributed by atoms with Gasteiger partial charge in [-0.25, -0.2) is 14.2 Å². The molecule has 1 saturated carbocycles. The van der Waals surface area contributed by atoms with E-state index >= 15 is 4.39 Å². The summed E-state index contributed by atoms with van der Waals surface area (Å²) in [7, 11) is 0. The van der Waals surface area contributed by atoms with Gasteiger partial charge in [0, 0.05) is 28.9 Å². The van der Waals surface area contributed by atoms with E-state index in [-0.39, 0.29) is 22.5 Å². The molecule has 1 fully saturated rings. The van der Waals surface area contributed by atoms with Gasteiger partial charge in [-0.1, -0.05) is 35.9 Å². The minimum absolute atomic E-state index is 0.0584. The van der Waals surface area contributed by atoms with Gasteiger partial charge in [0.05, 0.1) is 29.4 Å². The van der Waals surface area contributed by atoms with E-state index < -0.39 is 11.8 Å². The third kappa shape index (κ3) is 4.71. The van der Waals surface area contributed by atoms with E-state index in [0.717, 1.165) is 29.8 Å². The average molecular weight is 514 g/mol. The normalized spacial score (nSPS) is 12.9. The maximum atomic E-state index is 15.1. The molecule has 2 N–H and O–H groups in total. The molecule has 1 aliphatic carbocycles. The molecule has 0 saturated heterocycles. The van der Waals surface area contributed by atoms with Crippen molar-refractivity contribution in [2.75, 3.05) is 5.32 Å². The van der Waals surface area contributed by atoms with Crippen LogP contribution in [0.3, 0.4) is 0 Å². The highest BCUT2D eigenvalue weighted by Crippen LogP contribution is 2.37. The smallest absolute Gasteiger partial charge is 0.319 e. The molecule has 9 heteroatoms. The molecule has 2 amide bonds. The first-order chi connectivity index (χ1) is 18.1. The predicted molar refractivity (Wildman–Crippen MR) is 141 cm³/mol. The van der Waals surface area contributed by atoms with Crippen molar-refractivity contribution in [1.82, 2.24) is 19.9 Å². The van der Waals surface area contributed by atoms with Gasteiger partial charge in [0.2, 0.25) is 0 Å². The summed E-state index contributed by atoms with van der Waals surface area (Å²) in [6.45, 7) is 0. The van der Waals surface area contributed by atoms with Crippen molar-refractivity contribution >= 4 is 34.2 Å². The summed E-state index contributed by atoms with van der Waals surface area (Å²) in [4.78, 5) is 20.8. The fourth-order valence-electron chi connectivity index (χ4n) is 4.07. The largest absolute Gasteiger partial charge is 0.453 e. The number of hydrogen-bond donors (Lipinski definition) is 2. The first-order valence-corrected chi connectivity index (χ1v) is 12.1. The van der Waals surface area contributed by atoms with Gasteiger partial charge in [-0.15, -0.1) is 0 Å². The summed E-state index contributed by atoms with van der Waals surface area (Å²) in [5.74, 6) is -0.397. The Kier molecular flexibility index (Phi) is 5.94. The number of amides is 2. The van der Waals surface area contributed by atoms with E-state index in [0.29, 0.717) is 16.7 Å². The number of benzene rings is 3. The van der Waals surface area contributed by atoms with Gasteiger partial charge in [-0.05, 0) is 55.3 Å². The number of imidazole rings is 1. The fourth-order valence-corrected chi connectivity index (χ4v) is 4.27. The summed E-state index contributed by atoms with van der Waals surface area (Å²) in [6, 6.07) is 20.1. The van der Waals surface area contributed by atoms with Crippen LogP contribution in [0.4, 0.5) is 14.9 Å². The molecule has 2 heterocycles. The molecule has 7 nitrogen and oxygen atoms in total. The lowest BCUT2D eigenvalue weighted by atomic mass is 10.1. The second kappa shape index (κ2) is 9.55. The number of aromatic nitrogens is 3. The summed E-state index contributed by atoms with van der Waals surface area (Å²) < 4.78 is 23.0. The van der Waals surface area contributed by atoms with E-state index in [1.54, 1.807) is 24.8 Å². The van der Waals surface area contributed by atoms with E-state index in [1.807, 2.05) is 53.1 Å². The van der Waals surface area contributed by atoms with Gasteiger partial charge in [-0.3, -0.25) is 9.55 Å². The zero-order valence-electron chi connectivity index (χ0n) is 19.5. The number of anilines is 1. The third-order valence-corrected chi connectivity index (χ3v) is 6.47. The second-order valence-corrected chi connectivity index (χ2v) is 9.12. The molecular formula is C28H21ClFN5O2. The number of fused-ring (bicyclic) bond motifs is 1. The number of rotatable bonds is 6. The van der Waals surface area contributed by atoms with E-state index in [4.69, 9.17) is 16.3 Å². The lowest BCUT2D eigenvalue weighted by molar-refractivity contribution is 0.251. The summed E-state index contributed by atoms with van der Waals surface area (Å²) in [5, 5.41) is 5.84. The van der Waals surface area contributed by atoms with Crippen LogP contribution in [0.15, 0.2) is 85.5 Å². The lowest BCUT2D eigenvalue weighted by Crippen LogP contribution is -2.30. The predicted octanol–water partition coefficient (Wildman–Crippen LogP) is 6.96. The molecule has 6 rings (SSSR count). The van der Waals surface area contributed by atoms with Crippen LogP contribution in [0, 0.1) is 5.82 Å². The Morgan fingerprint density at radius 1 is 1.05 bits per heavy atom. The molecule has 0 radical (unpaired) electrons. The molecule has 1 aliphatic rings. The number of carbonyl (C=O) groups excluding carboxylic acids is 1. The van der Waals surface area contributed by atoms with E-state index in [9.17, 15) is 4.79 Å². The maximum Gasteiger partial charge on any atom is 0.319 e. The van der Waals surface area contributed by atoms with Gasteiger partial charge in [0.1, 0.15) is 10.8 Å². The lowest BCUT2D eigenvalue weighted by Gasteiger charge is -2.14. The third-order valence-electron chi connectivity index (χ3n) is 6.10. The van der Waals surface area contributed by atoms with Crippen molar-refractivity contribution in [2.45, 2.75) is 18.9 Å². The minimum Gasteiger partial charge on any atom is -0.453 e. The molecule has 0 bridgehead atoms. The van der Waals surface area contributed by atoms with Crippen LogP contribution >= 0.6 is 11.6 Å². The van der Waals surface area contributed by atoms with Crippen molar-refractivity contribution in [3.05, 3.63) is 96.3 Å². The number of ether oxygens (including phenoxy) is 1. The van der Waals surface area contributed by atoms with E-state index in [1.165, 1.54) is 12.1 Å². The van der Waals surface area contributed by atoms with Crippen LogP contribution < -0.4 is 15.4 Å². The number of para-hydroxylation sites is 1. The Balaban J connectivity index is 1.28. The molecule has 2 aromatic heterocycles. The van der Waals surface area contributed by atoms with Crippen molar-refractivity contribution in [3.63, 3.8) is 0 Å². The first-order valence-electron chi connectivity index (χ1n) is 11.8. The zero-order chi connectivity index (χ0) is 25.4. The van der Waals surface area contributed by atoms with Gasteiger partial charge in [0.25, 0.3) is 0 Å². The number of nitrogens with one attached hydrogen (secondary N) is 2. The molecule has 0 aliphatic heterocycles. The minimum atomic E-state index is -0.765. The number of urea groups is 1. The molecule has 0 atom stereocenters. The highest BCUT2D eigenvalue weighted by molar-refractivity contribution is 6.34. The van der Waals surface area contributed by atoms with Gasteiger partial charge < -0.3 is 15.4 Å². The van der Waals surface area contributed by atoms with Crippen molar-refractivity contribution in [2.24, 2.45) is 0 Å². The van der Waals surface area contributed by atoms with Crippen LogP contribution in [0.1, 0.15) is 12.8 Å². The average Bonchev–Trinajstić information content (AvgIpc) is 3.59. The molecular weight excluding hydrogens is 493 g/mol. The highest BCUT2D eigenvalue weighted by Gasteiger charge is 2.24. The topological polar surface area (TPSA) is 81.1 Å². The zero-order valence-corrected chi connectivity index (χ0v) is 20.2.